The number of hydrogen-bond donors (Lipinski definition) is 1. The Kier molecular flexibility index (Phi) is 4.35. The van der Waals surface area contributed by atoms with Gasteiger partial charge in [0.1, 0.15) is 17.2 Å². The van der Waals surface area contributed by atoms with E-state index in [4.69, 9.17) is 11.6 Å². The Morgan fingerprint density at radius 3 is 2.45 bits per heavy atom. The van der Waals surface area contributed by atoms with E-state index in [2.05, 4.69) is 4.98 Å². The first-order chi connectivity index (χ1) is 9.44. The minimum Gasteiger partial charge on any atom is -0.383 e. The number of aromatic nitrogens is 1. The summed E-state index contributed by atoms with van der Waals surface area (Å²) >= 11 is 5.97. The molecule has 20 heavy (non-hydrogen) atoms. The average molecular weight is 298 g/mol. The molecule has 0 amide bonds. The van der Waals surface area contributed by atoms with Crippen LogP contribution in [-0.4, -0.2) is 10.1 Å². The second-order valence-corrected chi connectivity index (χ2v) is 5.07. The molecule has 0 spiro atoms. The zero-order chi connectivity index (χ0) is 14.8. The van der Waals surface area contributed by atoms with E-state index in [1.807, 2.05) is 0 Å². The molecule has 0 aliphatic heterocycles. The van der Waals surface area contributed by atoms with Crippen molar-refractivity contribution < 1.29 is 13.9 Å². The first kappa shape index (κ1) is 14.9. The van der Waals surface area contributed by atoms with Crippen molar-refractivity contribution >= 4 is 11.6 Å². The van der Waals surface area contributed by atoms with Crippen molar-refractivity contribution in [2.45, 2.75) is 25.4 Å². The van der Waals surface area contributed by atoms with Crippen LogP contribution in [0, 0.1) is 11.6 Å². The third-order valence-corrected chi connectivity index (χ3v) is 3.64. The smallest absolute Gasteiger partial charge is 0.141 e. The van der Waals surface area contributed by atoms with Crippen LogP contribution in [-0.2, 0) is 12.0 Å². The monoisotopic (exact) mass is 297 g/mol. The number of benzene rings is 1. The molecule has 5 heteroatoms. The molecule has 1 aromatic heterocycles. The Morgan fingerprint density at radius 1 is 1.20 bits per heavy atom. The van der Waals surface area contributed by atoms with Gasteiger partial charge in [0.15, 0.2) is 0 Å². The summed E-state index contributed by atoms with van der Waals surface area (Å²) in [6.07, 6.45) is 1.61. The molecule has 0 aliphatic rings. The van der Waals surface area contributed by atoms with Crippen LogP contribution < -0.4 is 0 Å². The van der Waals surface area contributed by atoms with E-state index in [1.165, 1.54) is 30.3 Å². The molecule has 1 N–H and O–H groups in total. The molecule has 2 aromatic rings. The Morgan fingerprint density at radius 2 is 1.90 bits per heavy atom. The summed E-state index contributed by atoms with van der Waals surface area (Å²) in [5.41, 5.74) is -0.292. The molecule has 1 atom stereocenters. The van der Waals surface area contributed by atoms with Crippen LogP contribution in [0.25, 0.3) is 0 Å². The van der Waals surface area contributed by atoms with Crippen LogP contribution in [0.15, 0.2) is 36.5 Å². The molecule has 2 rings (SSSR count). The Balaban J connectivity index is 2.33. The average Bonchev–Trinajstić information content (AvgIpc) is 2.42. The summed E-state index contributed by atoms with van der Waals surface area (Å²) in [5.74, 6) is -0.897. The molecule has 106 valence electrons. The quantitative estimate of drug-likeness (QED) is 0.930. The molecular weight excluding hydrogens is 284 g/mol. The predicted molar refractivity (Wildman–Crippen MR) is 73.5 cm³/mol. The molecule has 1 aromatic carbocycles. The second-order valence-electron chi connectivity index (χ2n) is 4.66. The zero-order valence-corrected chi connectivity index (χ0v) is 11.7. The van der Waals surface area contributed by atoms with Gasteiger partial charge in [-0.15, -0.1) is 0 Å². The van der Waals surface area contributed by atoms with Gasteiger partial charge >= 0.3 is 0 Å². The van der Waals surface area contributed by atoms with Crippen LogP contribution in [0.4, 0.5) is 8.78 Å². The second kappa shape index (κ2) is 5.85. The van der Waals surface area contributed by atoms with Crippen LogP contribution in [0.3, 0.4) is 0 Å². The number of pyridine rings is 1. The van der Waals surface area contributed by atoms with Gasteiger partial charge in [-0.1, -0.05) is 24.6 Å². The fraction of sp³-hybridized carbons (Fsp3) is 0.267. The molecule has 0 bridgehead atoms. The van der Waals surface area contributed by atoms with Crippen molar-refractivity contribution in [1.82, 2.24) is 4.98 Å². The van der Waals surface area contributed by atoms with E-state index in [1.54, 1.807) is 6.92 Å². The van der Waals surface area contributed by atoms with Crippen LogP contribution in [0.1, 0.15) is 24.6 Å². The lowest BCUT2D eigenvalue weighted by Crippen LogP contribution is -2.29. The molecule has 0 saturated carbocycles. The minimum absolute atomic E-state index is 0.182. The van der Waals surface area contributed by atoms with Crippen molar-refractivity contribution in [3.05, 3.63) is 64.4 Å². The van der Waals surface area contributed by atoms with Gasteiger partial charge < -0.3 is 5.11 Å². The van der Waals surface area contributed by atoms with E-state index < -0.39 is 17.2 Å². The van der Waals surface area contributed by atoms with Crippen molar-refractivity contribution in [3.63, 3.8) is 0 Å². The molecule has 0 radical (unpaired) electrons. The highest BCUT2D eigenvalue weighted by Gasteiger charge is 2.30. The summed E-state index contributed by atoms with van der Waals surface area (Å²) in [5, 5.41) is 10.9. The standard InChI is InChI=1S/C15H14ClF2NO/c1-2-15(20,14-6-5-12(18)9-19-14)8-10-3-4-11(17)7-13(10)16/h3-7,9,20H,2,8H2,1H3. The van der Waals surface area contributed by atoms with E-state index >= 15 is 0 Å². The number of halogens is 3. The summed E-state index contributed by atoms with van der Waals surface area (Å²) in [6, 6.07) is 6.70. The summed E-state index contributed by atoms with van der Waals surface area (Å²) in [4.78, 5) is 3.92. The SMILES string of the molecule is CCC(O)(Cc1ccc(F)cc1Cl)c1ccc(F)cn1. The van der Waals surface area contributed by atoms with Crippen molar-refractivity contribution in [3.8, 4) is 0 Å². The van der Waals surface area contributed by atoms with E-state index in [0.717, 1.165) is 6.20 Å². The Hall–Kier alpha value is -1.52. The lowest BCUT2D eigenvalue weighted by Gasteiger charge is -2.26. The summed E-state index contributed by atoms with van der Waals surface area (Å²) in [7, 11) is 0. The number of rotatable bonds is 4. The fourth-order valence-electron chi connectivity index (χ4n) is 2.03. The molecule has 1 unspecified atom stereocenters. The molecule has 0 aliphatic carbocycles. The number of aliphatic hydroxyl groups is 1. The van der Waals surface area contributed by atoms with Crippen molar-refractivity contribution in [2.24, 2.45) is 0 Å². The van der Waals surface area contributed by atoms with E-state index in [-0.39, 0.29) is 11.4 Å². The van der Waals surface area contributed by atoms with Gasteiger partial charge in [-0.05, 0) is 36.2 Å². The van der Waals surface area contributed by atoms with Crippen molar-refractivity contribution in [1.29, 1.82) is 0 Å². The lowest BCUT2D eigenvalue weighted by molar-refractivity contribution is 0.0282. The van der Waals surface area contributed by atoms with Crippen molar-refractivity contribution in [2.75, 3.05) is 0 Å². The molecule has 0 saturated heterocycles. The van der Waals surface area contributed by atoms with Gasteiger partial charge in [0.25, 0.3) is 0 Å². The highest BCUT2D eigenvalue weighted by Crippen LogP contribution is 2.30. The molecule has 1 heterocycles. The van der Waals surface area contributed by atoms with Crippen LogP contribution in [0.2, 0.25) is 5.02 Å². The van der Waals surface area contributed by atoms with Crippen LogP contribution in [0.5, 0.6) is 0 Å². The third-order valence-electron chi connectivity index (χ3n) is 3.29. The predicted octanol–water partition coefficient (Wildman–Crippen LogP) is 3.85. The highest BCUT2D eigenvalue weighted by molar-refractivity contribution is 6.31. The lowest BCUT2D eigenvalue weighted by atomic mass is 9.88. The number of hydrogen-bond acceptors (Lipinski definition) is 2. The maximum atomic E-state index is 13.0. The molecule has 0 fully saturated rings. The first-order valence-electron chi connectivity index (χ1n) is 6.23. The highest BCUT2D eigenvalue weighted by atomic mass is 35.5. The van der Waals surface area contributed by atoms with E-state index in [9.17, 15) is 13.9 Å². The van der Waals surface area contributed by atoms with Gasteiger partial charge in [0, 0.05) is 11.4 Å². The zero-order valence-electron chi connectivity index (χ0n) is 10.9. The largest absolute Gasteiger partial charge is 0.383 e. The van der Waals surface area contributed by atoms with Gasteiger partial charge in [-0.2, -0.15) is 0 Å². The Bertz CT molecular complexity index is 603. The van der Waals surface area contributed by atoms with Crippen LogP contribution >= 0.6 is 11.6 Å². The fourth-order valence-corrected chi connectivity index (χ4v) is 2.26. The normalized spacial score (nSPS) is 14.1. The molecular formula is C15H14ClF2NO. The van der Waals surface area contributed by atoms with Gasteiger partial charge in [0.2, 0.25) is 0 Å². The first-order valence-corrected chi connectivity index (χ1v) is 6.61. The summed E-state index contributed by atoms with van der Waals surface area (Å²) in [6.45, 7) is 1.79. The van der Waals surface area contributed by atoms with Gasteiger partial charge in [-0.25, -0.2) is 8.78 Å². The minimum atomic E-state index is -1.27. The maximum absolute atomic E-state index is 13.0. The summed E-state index contributed by atoms with van der Waals surface area (Å²) < 4.78 is 25.9. The third kappa shape index (κ3) is 3.14. The topological polar surface area (TPSA) is 33.1 Å². The van der Waals surface area contributed by atoms with Gasteiger partial charge in [-0.3, -0.25) is 4.98 Å². The van der Waals surface area contributed by atoms with Gasteiger partial charge in [0.05, 0.1) is 11.9 Å². The Labute approximate surface area is 121 Å². The molecule has 2 nitrogen and oxygen atoms in total. The maximum Gasteiger partial charge on any atom is 0.141 e. The number of nitrogens with zero attached hydrogens (tertiary/aromatic N) is 1. The van der Waals surface area contributed by atoms with E-state index in [0.29, 0.717) is 17.7 Å².